The Labute approximate surface area is 105 Å². The number of pyridine rings is 1. The topological polar surface area (TPSA) is 46.3 Å². The number of aliphatic hydroxyl groups is 1. The van der Waals surface area contributed by atoms with Gasteiger partial charge in [0, 0.05) is 23.3 Å². The summed E-state index contributed by atoms with van der Waals surface area (Å²) in [5.74, 6) is 0.794. The molecule has 0 aliphatic heterocycles. The Bertz CT molecular complexity index is 682. The number of benzene rings is 1. The van der Waals surface area contributed by atoms with Crippen molar-refractivity contribution in [3.63, 3.8) is 0 Å². The van der Waals surface area contributed by atoms with E-state index < -0.39 is 6.10 Å². The maximum atomic E-state index is 10.4. The van der Waals surface area contributed by atoms with E-state index in [4.69, 9.17) is 4.42 Å². The van der Waals surface area contributed by atoms with Gasteiger partial charge in [-0.2, -0.15) is 0 Å². The molecule has 1 N–H and O–H groups in total. The highest BCUT2D eigenvalue weighted by molar-refractivity contribution is 5.85. The van der Waals surface area contributed by atoms with Crippen LogP contribution < -0.4 is 0 Å². The van der Waals surface area contributed by atoms with Gasteiger partial charge in [0.25, 0.3) is 0 Å². The van der Waals surface area contributed by atoms with Crippen molar-refractivity contribution in [1.82, 2.24) is 4.98 Å². The highest BCUT2D eigenvalue weighted by Crippen LogP contribution is 2.29. The molecule has 90 valence electrons. The van der Waals surface area contributed by atoms with Crippen LogP contribution in [0.2, 0.25) is 0 Å². The van der Waals surface area contributed by atoms with Gasteiger partial charge in [0.2, 0.25) is 0 Å². The molecule has 0 saturated heterocycles. The van der Waals surface area contributed by atoms with Crippen LogP contribution in [-0.4, -0.2) is 10.1 Å². The Balaban J connectivity index is 2.14. The third kappa shape index (κ3) is 1.79. The first-order valence-electron chi connectivity index (χ1n) is 5.81. The maximum absolute atomic E-state index is 10.4. The molecule has 1 atom stereocenters. The Morgan fingerprint density at radius 2 is 2.17 bits per heavy atom. The Hall–Kier alpha value is -2.13. The summed E-state index contributed by atoms with van der Waals surface area (Å²) < 4.78 is 5.24. The molecule has 3 heteroatoms. The largest absolute Gasteiger partial charge is 0.469 e. The van der Waals surface area contributed by atoms with Gasteiger partial charge in [0.1, 0.15) is 11.9 Å². The van der Waals surface area contributed by atoms with Crippen LogP contribution in [0.1, 0.15) is 23.0 Å². The van der Waals surface area contributed by atoms with Crippen LogP contribution in [0.25, 0.3) is 10.8 Å². The standard InChI is InChI=1S/C15H13NO2/c1-10-7-12(9-18-10)15(17)13-4-2-3-11-5-6-16-8-14(11)13/h2-9,15,17H,1H3. The van der Waals surface area contributed by atoms with E-state index in [9.17, 15) is 5.11 Å². The second kappa shape index (κ2) is 4.27. The Kier molecular flexibility index (Phi) is 2.61. The van der Waals surface area contributed by atoms with Crippen LogP contribution >= 0.6 is 0 Å². The smallest absolute Gasteiger partial charge is 0.108 e. The van der Waals surface area contributed by atoms with E-state index in [-0.39, 0.29) is 0 Å². The van der Waals surface area contributed by atoms with Gasteiger partial charge in [-0.05, 0) is 30.0 Å². The molecule has 0 radical (unpaired) electrons. The molecule has 18 heavy (non-hydrogen) atoms. The molecule has 0 aliphatic carbocycles. The van der Waals surface area contributed by atoms with Crippen LogP contribution in [0.3, 0.4) is 0 Å². The number of rotatable bonds is 2. The van der Waals surface area contributed by atoms with Crippen LogP contribution in [0.15, 0.2) is 53.4 Å². The minimum absolute atomic E-state index is 0.685. The number of hydrogen-bond donors (Lipinski definition) is 1. The first-order chi connectivity index (χ1) is 8.75. The van der Waals surface area contributed by atoms with Crippen molar-refractivity contribution in [3.05, 3.63) is 65.9 Å². The van der Waals surface area contributed by atoms with E-state index in [0.29, 0.717) is 0 Å². The van der Waals surface area contributed by atoms with E-state index in [1.54, 1.807) is 18.7 Å². The predicted octanol–water partition coefficient (Wildman–Crippen LogP) is 3.22. The molecule has 1 aromatic carbocycles. The molecule has 3 aromatic rings. The average molecular weight is 239 g/mol. The quantitative estimate of drug-likeness (QED) is 0.746. The molecule has 0 fully saturated rings. The van der Waals surface area contributed by atoms with Crippen LogP contribution in [0.4, 0.5) is 0 Å². The molecule has 0 bridgehead atoms. The summed E-state index contributed by atoms with van der Waals surface area (Å²) in [6, 6.07) is 9.64. The van der Waals surface area contributed by atoms with E-state index >= 15 is 0 Å². The zero-order valence-corrected chi connectivity index (χ0v) is 10.00. The third-order valence-corrected chi connectivity index (χ3v) is 3.08. The summed E-state index contributed by atoms with van der Waals surface area (Å²) in [5, 5.41) is 12.5. The van der Waals surface area contributed by atoms with E-state index in [1.165, 1.54) is 0 Å². The molecule has 1 unspecified atom stereocenters. The van der Waals surface area contributed by atoms with Crippen molar-refractivity contribution in [1.29, 1.82) is 0 Å². The zero-order chi connectivity index (χ0) is 12.5. The van der Waals surface area contributed by atoms with Gasteiger partial charge >= 0.3 is 0 Å². The number of aromatic nitrogens is 1. The van der Waals surface area contributed by atoms with Crippen LogP contribution in [-0.2, 0) is 0 Å². The van der Waals surface area contributed by atoms with Gasteiger partial charge in [0.15, 0.2) is 0 Å². The van der Waals surface area contributed by atoms with Crippen molar-refractivity contribution in [2.45, 2.75) is 13.0 Å². The van der Waals surface area contributed by atoms with Crippen LogP contribution in [0.5, 0.6) is 0 Å². The fourth-order valence-electron chi connectivity index (χ4n) is 2.16. The first-order valence-corrected chi connectivity index (χ1v) is 5.81. The third-order valence-electron chi connectivity index (χ3n) is 3.08. The zero-order valence-electron chi connectivity index (χ0n) is 10.00. The summed E-state index contributed by atoms with van der Waals surface area (Å²) in [4.78, 5) is 4.12. The fourth-order valence-corrected chi connectivity index (χ4v) is 2.16. The van der Waals surface area contributed by atoms with Crippen molar-refractivity contribution < 1.29 is 9.52 Å². The molecular weight excluding hydrogens is 226 g/mol. The highest BCUT2D eigenvalue weighted by atomic mass is 16.3. The van der Waals surface area contributed by atoms with Gasteiger partial charge in [-0.1, -0.05) is 18.2 Å². The monoisotopic (exact) mass is 239 g/mol. The second-order valence-electron chi connectivity index (χ2n) is 4.34. The van der Waals surface area contributed by atoms with Gasteiger partial charge in [0.05, 0.1) is 6.26 Å². The summed E-state index contributed by atoms with van der Waals surface area (Å²) >= 11 is 0. The lowest BCUT2D eigenvalue weighted by Gasteiger charge is -2.11. The lowest BCUT2D eigenvalue weighted by molar-refractivity contribution is 0.221. The molecule has 2 heterocycles. The summed E-state index contributed by atoms with van der Waals surface area (Å²) in [6.45, 7) is 1.86. The lowest BCUT2D eigenvalue weighted by atomic mass is 9.98. The number of nitrogens with zero attached hydrogens (tertiary/aromatic N) is 1. The SMILES string of the molecule is Cc1cc(C(O)c2cccc3ccncc23)co1. The van der Waals surface area contributed by atoms with Gasteiger partial charge in [-0.3, -0.25) is 4.98 Å². The number of hydrogen-bond acceptors (Lipinski definition) is 3. The van der Waals surface area contributed by atoms with Gasteiger partial charge in [-0.25, -0.2) is 0 Å². The number of aryl methyl sites for hydroxylation is 1. The highest BCUT2D eigenvalue weighted by Gasteiger charge is 2.15. The fraction of sp³-hybridized carbons (Fsp3) is 0.133. The summed E-state index contributed by atoms with van der Waals surface area (Å²) in [7, 11) is 0. The number of fused-ring (bicyclic) bond motifs is 1. The predicted molar refractivity (Wildman–Crippen MR) is 69.2 cm³/mol. The molecule has 0 aliphatic rings. The molecule has 2 aromatic heterocycles. The van der Waals surface area contributed by atoms with Crippen molar-refractivity contribution in [2.24, 2.45) is 0 Å². The number of aliphatic hydroxyl groups excluding tert-OH is 1. The van der Waals surface area contributed by atoms with E-state index in [2.05, 4.69) is 4.98 Å². The maximum Gasteiger partial charge on any atom is 0.108 e. The van der Waals surface area contributed by atoms with Crippen molar-refractivity contribution in [3.8, 4) is 0 Å². The molecule has 3 nitrogen and oxygen atoms in total. The van der Waals surface area contributed by atoms with E-state index in [0.717, 1.165) is 27.7 Å². The van der Waals surface area contributed by atoms with Gasteiger partial charge in [-0.15, -0.1) is 0 Å². The molecular formula is C15H13NO2. The molecule has 3 rings (SSSR count). The van der Waals surface area contributed by atoms with E-state index in [1.807, 2.05) is 37.3 Å². The number of furan rings is 1. The summed E-state index contributed by atoms with van der Waals surface area (Å²) in [6.07, 6.45) is 4.44. The Morgan fingerprint density at radius 1 is 1.28 bits per heavy atom. The average Bonchev–Trinajstić information content (AvgIpc) is 2.84. The molecule has 0 spiro atoms. The second-order valence-corrected chi connectivity index (χ2v) is 4.34. The normalized spacial score (nSPS) is 12.8. The Morgan fingerprint density at radius 3 is 2.94 bits per heavy atom. The first kappa shape index (κ1) is 11.0. The minimum Gasteiger partial charge on any atom is -0.469 e. The van der Waals surface area contributed by atoms with Crippen LogP contribution in [0, 0.1) is 6.92 Å². The van der Waals surface area contributed by atoms with Crippen molar-refractivity contribution >= 4 is 10.8 Å². The molecule has 0 saturated carbocycles. The minimum atomic E-state index is -0.685. The van der Waals surface area contributed by atoms with Gasteiger partial charge < -0.3 is 9.52 Å². The lowest BCUT2D eigenvalue weighted by Crippen LogP contribution is -1.99. The molecule has 0 amide bonds. The van der Waals surface area contributed by atoms with Crippen molar-refractivity contribution in [2.75, 3.05) is 0 Å². The summed E-state index contributed by atoms with van der Waals surface area (Å²) in [5.41, 5.74) is 1.62.